The average Bonchev–Trinajstić information content (AvgIpc) is 3.52. The maximum atomic E-state index is 14.8. The first-order chi connectivity index (χ1) is 15.2. The number of halogens is 1. The predicted octanol–water partition coefficient (Wildman–Crippen LogP) is 3.27. The van der Waals surface area contributed by atoms with E-state index in [1.165, 1.54) is 29.6 Å². The number of nitrogen functional groups attached to an aromatic ring is 1. The molecule has 0 aliphatic heterocycles. The molecule has 0 spiro atoms. The molecule has 0 unspecified atom stereocenters. The lowest BCUT2D eigenvalue weighted by Crippen LogP contribution is -2.07. The zero-order valence-corrected chi connectivity index (χ0v) is 16.4. The molecule has 8 nitrogen and oxygen atoms in total. The summed E-state index contributed by atoms with van der Waals surface area (Å²) in [5.74, 6) is 0.337. The van der Waals surface area contributed by atoms with E-state index >= 15 is 0 Å². The second-order valence-corrected chi connectivity index (χ2v) is 7.47. The van der Waals surface area contributed by atoms with Crippen LogP contribution in [0.4, 0.5) is 10.2 Å². The number of aromatic nitrogens is 7. The molecule has 0 saturated carbocycles. The molecular formula is C22H17FN8. The molecule has 0 amide bonds. The first-order valence-electron chi connectivity index (χ1n) is 9.98. The molecule has 152 valence electrons. The maximum absolute atomic E-state index is 14.8. The van der Waals surface area contributed by atoms with Crippen LogP contribution in [0, 0.1) is 5.82 Å². The molecule has 1 aliphatic carbocycles. The minimum Gasteiger partial charge on any atom is -0.383 e. The fourth-order valence-electron chi connectivity index (χ4n) is 4.17. The van der Waals surface area contributed by atoms with Gasteiger partial charge in [0.05, 0.1) is 18.0 Å². The molecule has 0 bridgehead atoms. The highest BCUT2D eigenvalue weighted by molar-refractivity contribution is 5.83. The van der Waals surface area contributed by atoms with Gasteiger partial charge in [-0.1, -0.05) is 6.07 Å². The molecule has 1 aliphatic rings. The Balaban J connectivity index is 1.68. The van der Waals surface area contributed by atoms with E-state index in [0.717, 1.165) is 29.7 Å². The summed E-state index contributed by atoms with van der Waals surface area (Å²) in [6.45, 7) is 0. The van der Waals surface area contributed by atoms with Crippen molar-refractivity contribution in [2.75, 3.05) is 5.73 Å². The van der Waals surface area contributed by atoms with Gasteiger partial charge >= 0.3 is 0 Å². The van der Waals surface area contributed by atoms with Gasteiger partial charge in [-0.3, -0.25) is 4.57 Å². The Morgan fingerprint density at radius 2 is 1.77 bits per heavy atom. The highest BCUT2D eigenvalue weighted by Gasteiger charge is 2.22. The molecule has 5 aromatic rings. The summed E-state index contributed by atoms with van der Waals surface area (Å²) in [4.78, 5) is 14.6. The fraction of sp³-hybridized carbons (Fsp3) is 0.136. The number of nitrogens with zero attached hydrogens (tertiary/aromatic N) is 7. The van der Waals surface area contributed by atoms with E-state index in [9.17, 15) is 4.39 Å². The molecule has 0 atom stereocenters. The zero-order chi connectivity index (χ0) is 20.9. The summed E-state index contributed by atoms with van der Waals surface area (Å²) in [5, 5.41) is 8.05. The molecule has 1 aromatic carbocycles. The van der Waals surface area contributed by atoms with Crippen LogP contribution in [-0.4, -0.2) is 34.5 Å². The van der Waals surface area contributed by atoms with Gasteiger partial charge < -0.3 is 5.73 Å². The Morgan fingerprint density at radius 1 is 0.935 bits per heavy atom. The van der Waals surface area contributed by atoms with E-state index in [2.05, 4.69) is 37.3 Å². The van der Waals surface area contributed by atoms with Crippen LogP contribution in [-0.2, 0) is 12.8 Å². The Hall–Kier alpha value is -4.14. The van der Waals surface area contributed by atoms with Gasteiger partial charge in [0.1, 0.15) is 11.3 Å². The topological polar surface area (TPSA) is 100 Å². The van der Waals surface area contributed by atoms with Crippen LogP contribution < -0.4 is 5.73 Å². The number of anilines is 1. The minimum absolute atomic E-state index is 0.00511. The summed E-state index contributed by atoms with van der Waals surface area (Å²) in [7, 11) is 0. The van der Waals surface area contributed by atoms with E-state index in [1.807, 2.05) is 16.7 Å². The quantitative estimate of drug-likeness (QED) is 0.488. The Morgan fingerprint density at radius 3 is 2.61 bits per heavy atom. The van der Waals surface area contributed by atoms with Gasteiger partial charge in [-0.05, 0) is 54.7 Å². The summed E-state index contributed by atoms with van der Waals surface area (Å²) in [6.07, 6.45) is 7.84. The number of pyridine rings is 2. The molecular weight excluding hydrogens is 395 g/mol. The minimum atomic E-state index is -0.562. The number of fused-ring (bicyclic) bond motifs is 2. The number of benzene rings is 1. The number of rotatable bonds is 3. The first-order valence-corrected chi connectivity index (χ1v) is 9.98. The fourth-order valence-corrected chi connectivity index (χ4v) is 4.17. The molecule has 31 heavy (non-hydrogen) atoms. The third kappa shape index (κ3) is 2.77. The highest BCUT2D eigenvalue weighted by Crippen LogP contribution is 2.33. The molecule has 6 rings (SSSR count). The van der Waals surface area contributed by atoms with Gasteiger partial charge in [0, 0.05) is 18.0 Å². The van der Waals surface area contributed by atoms with Crippen molar-refractivity contribution in [3.8, 4) is 22.9 Å². The van der Waals surface area contributed by atoms with Crippen LogP contribution in [0.15, 0.2) is 55.0 Å². The Bertz CT molecular complexity index is 1440. The maximum Gasteiger partial charge on any atom is 0.212 e. The van der Waals surface area contributed by atoms with Crippen molar-refractivity contribution in [3.63, 3.8) is 0 Å². The standard InChI is InChI=1S/C22H17FN8/c23-17-12-18-22(29-21(17)31-26-9-10-27-31)30(15-7-6-13-3-1-4-14(13)11-15)20(28-18)16-5-2-8-25-19(16)24/h2,5-12H,1,3-4H2,(H2,24,25). The van der Waals surface area contributed by atoms with Gasteiger partial charge in [0.25, 0.3) is 0 Å². The van der Waals surface area contributed by atoms with Crippen LogP contribution in [0.1, 0.15) is 17.5 Å². The molecule has 9 heteroatoms. The monoisotopic (exact) mass is 412 g/mol. The van der Waals surface area contributed by atoms with E-state index in [0.29, 0.717) is 28.4 Å². The molecule has 4 heterocycles. The van der Waals surface area contributed by atoms with E-state index in [-0.39, 0.29) is 5.82 Å². The molecule has 2 N–H and O–H groups in total. The SMILES string of the molecule is Nc1ncccc1-c1nc2cc(F)c(-n3nccn3)nc2n1-c1ccc2c(c1)CCC2. The first kappa shape index (κ1) is 17.7. The summed E-state index contributed by atoms with van der Waals surface area (Å²) in [5.41, 5.74) is 11.3. The van der Waals surface area contributed by atoms with Crippen molar-refractivity contribution < 1.29 is 4.39 Å². The van der Waals surface area contributed by atoms with Gasteiger partial charge in [-0.15, -0.1) is 4.80 Å². The smallest absolute Gasteiger partial charge is 0.212 e. The van der Waals surface area contributed by atoms with Gasteiger partial charge in [0.15, 0.2) is 17.3 Å². The number of imidazole rings is 1. The number of hydrogen-bond acceptors (Lipinski definition) is 6. The summed E-state index contributed by atoms with van der Waals surface area (Å²) >= 11 is 0. The van der Waals surface area contributed by atoms with Crippen LogP contribution in [0.2, 0.25) is 0 Å². The van der Waals surface area contributed by atoms with Crippen LogP contribution in [0.25, 0.3) is 34.1 Å². The second-order valence-electron chi connectivity index (χ2n) is 7.47. The molecule has 4 aromatic heterocycles. The van der Waals surface area contributed by atoms with Gasteiger partial charge in [-0.25, -0.2) is 19.3 Å². The third-order valence-corrected chi connectivity index (χ3v) is 5.60. The summed E-state index contributed by atoms with van der Waals surface area (Å²) < 4.78 is 16.7. The number of nitrogens with two attached hydrogens (primary N) is 1. The van der Waals surface area contributed by atoms with Crippen molar-refractivity contribution in [1.82, 2.24) is 34.5 Å². The molecule has 0 radical (unpaired) electrons. The lowest BCUT2D eigenvalue weighted by molar-refractivity contribution is 0.586. The molecule has 0 saturated heterocycles. The Labute approximate surface area is 176 Å². The largest absolute Gasteiger partial charge is 0.383 e. The van der Waals surface area contributed by atoms with E-state index in [1.54, 1.807) is 12.3 Å². The average molecular weight is 412 g/mol. The lowest BCUT2D eigenvalue weighted by atomic mass is 10.1. The Kier molecular flexibility index (Phi) is 3.82. The second kappa shape index (κ2) is 6.69. The van der Waals surface area contributed by atoms with Crippen molar-refractivity contribution >= 4 is 17.0 Å². The predicted molar refractivity (Wildman–Crippen MR) is 113 cm³/mol. The van der Waals surface area contributed by atoms with Gasteiger partial charge in [0.2, 0.25) is 5.82 Å². The molecule has 0 fully saturated rings. The van der Waals surface area contributed by atoms with Crippen LogP contribution >= 0.6 is 0 Å². The van der Waals surface area contributed by atoms with E-state index in [4.69, 9.17) is 5.73 Å². The zero-order valence-electron chi connectivity index (χ0n) is 16.4. The number of hydrogen-bond donors (Lipinski definition) is 1. The number of aryl methyl sites for hydroxylation is 2. The summed E-state index contributed by atoms with van der Waals surface area (Å²) in [6, 6.07) is 11.3. The van der Waals surface area contributed by atoms with Crippen LogP contribution in [0.3, 0.4) is 0 Å². The highest BCUT2D eigenvalue weighted by atomic mass is 19.1. The van der Waals surface area contributed by atoms with Crippen molar-refractivity contribution in [2.24, 2.45) is 0 Å². The normalized spacial score (nSPS) is 13.1. The van der Waals surface area contributed by atoms with E-state index < -0.39 is 5.82 Å². The van der Waals surface area contributed by atoms with Crippen molar-refractivity contribution in [1.29, 1.82) is 0 Å². The van der Waals surface area contributed by atoms with Gasteiger partial charge in [-0.2, -0.15) is 10.2 Å². The van der Waals surface area contributed by atoms with Crippen LogP contribution in [0.5, 0.6) is 0 Å². The lowest BCUT2D eigenvalue weighted by Gasteiger charge is -2.12. The van der Waals surface area contributed by atoms with Crippen molar-refractivity contribution in [3.05, 3.63) is 71.9 Å². The van der Waals surface area contributed by atoms with Crippen molar-refractivity contribution in [2.45, 2.75) is 19.3 Å². The third-order valence-electron chi connectivity index (χ3n) is 5.60.